The Balaban J connectivity index is 2.08. The molecule has 1 heterocycles. The summed E-state index contributed by atoms with van der Waals surface area (Å²) < 4.78 is 5.54. The van der Waals surface area contributed by atoms with Gasteiger partial charge in [0, 0.05) is 48.1 Å². The van der Waals surface area contributed by atoms with Crippen molar-refractivity contribution in [2.45, 2.75) is 65.9 Å². The number of rotatable bonds is 6. The Morgan fingerprint density at radius 2 is 1.83 bits per heavy atom. The topological polar surface area (TPSA) is 58.6 Å². The summed E-state index contributed by atoms with van der Waals surface area (Å²) >= 11 is 0. The van der Waals surface area contributed by atoms with Crippen LogP contribution in [0.5, 0.6) is 0 Å². The van der Waals surface area contributed by atoms with Gasteiger partial charge in [0.05, 0.1) is 11.7 Å². The highest BCUT2D eigenvalue weighted by atomic mass is 16.5. The van der Waals surface area contributed by atoms with Crippen molar-refractivity contribution in [2.75, 3.05) is 18.0 Å². The normalized spacial score (nSPS) is 19.2. The first-order chi connectivity index (χ1) is 13.9. The molecular weight excluding hydrogens is 364 g/mol. The van der Waals surface area contributed by atoms with Crippen molar-refractivity contribution in [1.82, 2.24) is 5.32 Å². The molecule has 0 saturated heterocycles. The Morgan fingerprint density at radius 3 is 2.41 bits per heavy atom. The third-order valence-corrected chi connectivity index (χ3v) is 5.69. The first-order valence-corrected chi connectivity index (χ1v) is 10.7. The fraction of sp³-hybridized carbons (Fsp3) is 0.500. The van der Waals surface area contributed by atoms with Gasteiger partial charge in [-0.25, -0.2) is 4.79 Å². The second-order valence-corrected chi connectivity index (χ2v) is 7.98. The van der Waals surface area contributed by atoms with Crippen molar-refractivity contribution in [1.29, 1.82) is 0 Å². The molecule has 1 aromatic rings. The molecule has 0 fully saturated rings. The molecule has 0 saturated carbocycles. The van der Waals surface area contributed by atoms with Gasteiger partial charge in [-0.15, -0.1) is 0 Å². The van der Waals surface area contributed by atoms with Crippen LogP contribution < -0.4 is 10.2 Å². The van der Waals surface area contributed by atoms with Gasteiger partial charge < -0.3 is 15.0 Å². The summed E-state index contributed by atoms with van der Waals surface area (Å²) in [4.78, 5) is 28.2. The lowest BCUT2D eigenvalue weighted by Gasteiger charge is -2.34. The highest BCUT2D eigenvalue weighted by molar-refractivity contribution is 6.03. The van der Waals surface area contributed by atoms with Crippen molar-refractivity contribution in [3.05, 3.63) is 52.4 Å². The Kier molecular flexibility index (Phi) is 6.46. The average molecular weight is 397 g/mol. The zero-order valence-electron chi connectivity index (χ0n) is 18.2. The fourth-order valence-corrected chi connectivity index (χ4v) is 4.33. The van der Waals surface area contributed by atoms with Crippen molar-refractivity contribution in [3.63, 3.8) is 0 Å². The standard InChI is InChI=1S/C24H32N2O3/c1-6-26(7-2)18-13-11-17(12-14-18)22-21(24(28)29-15(3)4)16(5)25-19-9-8-10-20(27)23(19)22/h11-15,22,25H,6-10H2,1-5H3. The number of dihydropyridines is 1. The zero-order valence-corrected chi connectivity index (χ0v) is 18.2. The number of carbonyl (C=O) groups excluding carboxylic acids is 2. The van der Waals surface area contributed by atoms with Crippen LogP contribution >= 0.6 is 0 Å². The van der Waals surface area contributed by atoms with E-state index >= 15 is 0 Å². The number of nitrogens with one attached hydrogen (secondary N) is 1. The molecule has 1 aromatic carbocycles. The van der Waals surface area contributed by atoms with Crippen LogP contribution in [-0.2, 0) is 14.3 Å². The van der Waals surface area contributed by atoms with E-state index in [2.05, 4.69) is 36.2 Å². The molecule has 0 amide bonds. The maximum Gasteiger partial charge on any atom is 0.337 e. The van der Waals surface area contributed by atoms with E-state index in [9.17, 15) is 9.59 Å². The Morgan fingerprint density at radius 1 is 1.17 bits per heavy atom. The summed E-state index contributed by atoms with van der Waals surface area (Å²) in [7, 11) is 0. The minimum Gasteiger partial charge on any atom is -0.460 e. The molecule has 0 aromatic heterocycles. The molecule has 29 heavy (non-hydrogen) atoms. The van der Waals surface area contributed by atoms with E-state index in [0.29, 0.717) is 12.0 Å². The van der Waals surface area contributed by atoms with E-state index in [-0.39, 0.29) is 23.8 Å². The van der Waals surface area contributed by atoms with Crippen molar-refractivity contribution in [3.8, 4) is 0 Å². The van der Waals surface area contributed by atoms with Crippen LogP contribution in [0, 0.1) is 0 Å². The third kappa shape index (κ3) is 4.24. The van der Waals surface area contributed by atoms with Gasteiger partial charge in [-0.2, -0.15) is 0 Å². The lowest BCUT2D eigenvalue weighted by atomic mass is 9.75. The first-order valence-electron chi connectivity index (χ1n) is 10.7. The van der Waals surface area contributed by atoms with E-state index in [1.54, 1.807) is 0 Å². The summed E-state index contributed by atoms with van der Waals surface area (Å²) in [5.41, 5.74) is 5.11. The summed E-state index contributed by atoms with van der Waals surface area (Å²) in [6.07, 6.45) is 1.99. The molecule has 5 heteroatoms. The van der Waals surface area contributed by atoms with Gasteiger partial charge in [0.15, 0.2) is 5.78 Å². The van der Waals surface area contributed by atoms with Crippen molar-refractivity contribution >= 4 is 17.4 Å². The highest BCUT2D eigenvalue weighted by Crippen LogP contribution is 2.42. The van der Waals surface area contributed by atoms with Gasteiger partial charge in [0.1, 0.15) is 0 Å². The molecule has 0 spiro atoms. The Hall–Kier alpha value is -2.56. The van der Waals surface area contributed by atoms with Gasteiger partial charge in [-0.1, -0.05) is 12.1 Å². The van der Waals surface area contributed by atoms with Crippen molar-refractivity contribution < 1.29 is 14.3 Å². The van der Waals surface area contributed by atoms with Gasteiger partial charge in [-0.05, 0) is 65.2 Å². The van der Waals surface area contributed by atoms with E-state index < -0.39 is 0 Å². The lowest BCUT2D eigenvalue weighted by Crippen LogP contribution is -2.35. The molecule has 1 aliphatic heterocycles. The van der Waals surface area contributed by atoms with Crippen LogP contribution in [0.25, 0.3) is 0 Å². The molecule has 156 valence electrons. The van der Waals surface area contributed by atoms with Gasteiger partial charge in [-0.3, -0.25) is 4.79 Å². The fourth-order valence-electron chi connectivity index (χ4n) is 4.33. The number of carbonyl (C=O) groups is 2. The number of Topliss-reactive ketones (excluding diaryl/α,β-unsaturated/α-hetero) is 1. The molecule has 1 unspecified atom stereocenters. The SMILES string of the molecule is CCN(CC)c1ccc(C2C(C(=O)OC(C)C)=C(C)NC3=C2C(=O)CCC3)cc1. The number of ketones is 1. The van der Waals surface area contributed by atoms with Crippen LogP contribution in [0.2, 0.25) is 0 Å². The number of hydrogen-bond acceptors (Lipinski definition) is 5. The molecule has 2 aliphatic rings. The van der Waals surface area contributed by atoms with Crippen LogP contribution in [-0.4, -0.2) is 30.9 Å². The minimum atomic E-state index is -0.379. The summed E-state index contributed by atoms with van der Waals surface area (Å²) in [5, 5.41) is 3.33. The van der Waals surface area contributed by atoms with Crippen LogP contribution in [0.1, 0.15) is 65.4 Å². The molecule has 0 radical (unpaired) electrons. The van der Waals surface area contributed by atoms with E-state index in [0.717, 1.165) is 54.1 Å². The van der Waals surface area contributed by atoms with Crippen molar-refractivity contribution in [2.24, 2.45) is 0 Å². The lowest BCUT2D eigenvalue weighted by molar-refractivity contribution is -0.143. The van der Waals surface area contributed by atoms with Gasteiger partial charge >= 0.3 is 5.97 Å². The predicted molar refractivity (Wildman–Crippen MR) is 116 cm³/mol. The van der Waals surface area contributed by atoms with Crippen LogP contribution in [0.15, 0.2) is 46.8 Å². The average Bonchev–Trinajstić information content (AvgIpc) is 2.68. The third-order valence-electron chi connectivity index (χ3n) is 5.69. The largest absolute Gasteiger partial charge is 0.460 e. The Labute approximate surface area is 173 Å². The number of ether oxygens (including phenoxy) is 1. The smallest absolute Gasteiger partial charge is 0.337 e. The summed E-state index contributed by atoms with van der Waals surface area (Å²) in [6.45, 7) is 11.7. The molecular formula is C24H32N2O3. The molecule has 1 aliphatic carbocycles. The summed E-state index contributed by atoms with van der Waals surface area (Å²) in [6, 6.07) is 8.26. The van der Waals surface area contributed by atoms with Crippen LogP contribution in [0.3, 0.4) is 0 Å². The number of nitrogens with zero attached hydrogens (tertiary/aromatic N) is 1. The zero-order chi connectivity index (χ0) is 21.1. The molecule has 1 atom stereocenters. The monoisotopic (exact) mass is 396 g/mol. The number of esters is 1. The highest BCUT2D eigenvalue weighted by Gasteiger charge is 2.39. The van der Waals surface area contributed by atoms with Gasteiger partial charge in [0.25, 0.3) is 0 Å². The van der Waals surface area contributed by atoms with Gasteiger partial charge in [0.2, 0.25) is 0 Å². The number of benzene rings is 1. The van der Waals surface area contributed by atoms with E-state index in [1.165, 1.54) is 0 Å². The number of anilines is 1. The number of hydrogen-bond donors (Lipinski definition) is 1. The summed E-state index contributed by atoms with van der Waals surface area (Å²) in [5.74, 6) is -0.609. The van der Waals surface area contributed by atoms with E-state index in [4.69, 9.17) is 4.74 Å². The Bertz CT molecular complexity index is 845. The van der Waals surface area contributed by atoms with Crippen LogP contribution in [0.4, 0.5) is 5.69 Å². The number of allylic oxidation sites excluding steroid dienone is 3. The maximum atomic E-state index is 13.0. The second-order valence-electron chi connectivity index (χ2n) is 7.98. The molecule has 1 N–H and O–H groups in total. The maximum absolute atomic E-state index is 13.0. The predicted octanol–water partition coefficient (Wildman–Crippen LogP) is 4.45. The second kappa shape index (κ2) is 8.85. The first kappa shape index (κ1) is 21.2. The minimum absolute atomic E-state index is 0.124. The quantitative estimate of drug-likeness (QED) is 0.720. The molecule has 5 nitrogen and oxygen atoms in total. The molecule has 0 bridgehead atoms. The molecule has 3 rings (SSSR count). The van der Waals surface area contributed by atoms with E-state index in [1.807, 2.05) is 32.9 Å².